The van der Waals surface area contributed by atoms with E-state index in [2.05, 4.69) is 16.1 Å². The van der Waals surface area contributed by atoms with Crippen molar-refractivity contribution in [1.29, 1.82) is 0 Å². The molecule has 1 aliphatic heterocycles. The first-order valence-electron chi connectivity index (χ1n) is 5.71. The van der Waals surface area contributed by atoms with Crippen molar-refractivity contribution in [3.8, 4) is 0 Å². The zero-order valence-corrected chi connectivity index (χ0v) is 9.81. The van der Waals surface area contributed by atoms with Gasteiger partial charge < -0.3 is 5.32 Å². The van der Waals surface area contributed by atoms with E-state index in [0.717, 1.165) is 5.56 Å². The summed E-state index contributed by atoms with van der Waals surface area (Å²) in [6.07, 6.45) is 0. The van der Waals surface area contributed by atoms with E-state index in [-0.39, 0.29) is 24.9 Å². The molecule has 1 aromatic carbocycles. The Morgan fingerprint density at radius 1 is 1.39 bits per heavy atom. The summed E-state index contributed by atoms with van der Waals surface area (Å²) in [5, 5.41) is 5.42. The van der Waals surface area contributed by atoms with E-state index in [4.69, 9.17) is 4.84 Å². The summed E-state index contributed by atoms with van der Waals surface area (Å²) in [5.41, 5.74) is 3.34. The Labute approximate surface area is 105 Å². The van der Waals surface area contributed by atoms with Gasteiger partial charge >= 0.3 is 0 Å². The highest BCUT2D eigenvalue weighted by molar-refractivity contribution is 5.86. The highest BCUT2D eigenvalue weighted by atomic mass is 16.6. The molecule has 6 heteroatoms. The number of amides is 2. The quantitative estimate of drug-likeness (QED) is 0.618. The molecule has 2 rings (SSSR count). The molecule has 0 bridgehead atoms. The Morgan fingerprint density at radius 2 is 2.17 bits per heavy atom. The standard InChI is InChI=1S/C12H15N3O3/c16-11-7-13-10(6-14-11)12(17)15-18-8-9-4-2-1-3-5-9/h1-5,10,13H,6-8H2,(H,14,16)(H,15,17). The van der Waals surface area contributed by atoms with Crippen molar-refractivity contribution in [2.24, 2.45) is 0 Å². The molecule has 1 fully saturated rings. The first-order chi connectivity index (χ1) is 8.75. The molecule has 1 aromatic rings. The van der Waals surface area contributed by atoms with Crippen LogP contribution < -0.4 is 16.1 Å². The molecule has 6 nitrogen and oxygen atoms in total. The molecule has 0 radical (unpaired) electrons. The number of piperazine rings is 1. The molecule has 96 valence electrons. The number of hydrogen-bond donors (Lipinski definition) is 3. The maximum Gasteiger partial charge on any atom is 0.262 e. The summed E-state index contributed by atoms with van der Waals surface area (Å²) < 4.78 is 0. The third kappa shape index (κ3) is 3.54. The molecule has 0 spiro atoms. The average Bonchev–Trinajstić information content (AvgIpc) is 2.40. The molecular weight excluding hydrogens is 234 g/mol. The molecular formula is C12H15N3O3. The number of nitrogens with one attached hydrogen (secondary N) is 3. The summed E-state index contributed by atoms with van der Waals surface area (Å²) in [5.74, 6) is -0.393. The van der Waals surface area contributed by atoms with E-state index in [9.17, 15) is 9.59 Å². The van der Waals surface area contributed by atoms with E-state index in [1.807, 2.05) is 30.3 Å². The number of carbonyl (C=O) groups is 2. The monoisotopic (exact) mass is 249 g/mol. The fraction of sp³-hybridized carbons (Fsp3) is 0.333. The number of benzene rings is 1. The van der Waals surface area contributed by atoms with Crippen LogP contribution in [-0.2, 0) is 21.0 Å². The van der Waals surface area contributed by atoms with E-state index in [0.29, 0.717) is 6.61 Å². The molecule has 1 saturated heterocycles. The Bertz CT molecular complexity index is 412. The van der Waals surface area contributed by atoms with Gasteiger partial charge in [-0.2, -0.15) is 0 Å². The van der Waals surface area contributed by atoms with Gasteiger partial charge in [-0.05, 0) is 5.56 Å². The lowest BCUT2D eigenvalue weighted by Gasteiger charge is -2.22. The van der Waals surface area contributed by atoms with Gasteiger partial charge in [0.25, 0.3) is 5.91 Å². The Kier molecular flexibility index (Phi) is 4.27. The second-order valence-corrected chi connectivity index (χ2v) is 3.98. The summed E-state index contributed by atoms with van der Waals surface area (Å²) in [4.78, 5) is 27.6. The van der Waals surface area contributed by atoms with E-state index < -0.39 is 6.04 Å². The van der Waals surface area contributed by atoms with E-state index in [1.54, 1.807) is 0 Å². The maximum atomic E-state index is 11.6. The molecule has 1 atom stereocenters. The van der Waals surface area contributed by atoms with Crippen molar-refractivity contribution in [3.05, 3.63) is 35.9 Å². The predicted molar refractivity (Wildman–Crippen MR) is 64.2 cm³/mol. The van der Waals surface area contributed by atoms with Crippen LogP contribution in [0.1, 0.15) is 5.56 Å². The van der Waals surface area contributed by atoms with Gasteiger partial charge in [-0.25, -0.2) is 5.48 Å². The van der Waals surface area contributed by atoms with Crippen LogP contribution >= 0.6 is 0 Å². The van der Waals surface area contributed by atoms with Crippen molar-refractivity contribution in [3.63, 3.8) is 0 Å². The van der Waals surface area contributed by atoms with Crippen molar-refractivity contribution >= 4 is 11.8 Å². The molecule has 0 aliphatic carbocycles. The van der Waals surface area contributed by atoms with Crippen LogP contribution in [0.3, 0.4) is 0 Å². The molecule has 1 aliphatic rings. The zero-order chi connectivity index (χ0) is 12.8. The first-order valence-corrected chi connectivity index (χ1v) is 5.71. The highest BCUT2D eigenvalue weighted by Gasteiger charge is 2.23. The lowest BCUT2D eigenvalue weighted by atomic mass is 10.2. The molecule has 1 unspecified atom stereocenters. The molecule has 0 saturated carbocycles. The van der Waals surface area contributed by atoms with Crippen LogP contribution in [0.2, 0.25) is 0 Å². The minimum atomic E-state index is -0.446. The minimum absolute atomic E-state index is 0.107. The summed E-state index contributed by atoms with van der Waals surface area (Å²) in [6, 6.07) is 9.09. The van der Waals surface area contributed by atoms with Gasteiger partial charge in [0.15, 0.2) is 0 Å². The van der Waals surface area contributed by atoms with Crippen LogP contribution in [0.25, 0.3) is 0 Å². The molecule has 1 heterocycles. The van der Waals surface area contributed by atoms with Gasteiger partial charge in [-0.15, -0.1) is 0 Å². The third-order valence-electron chi connectivity index (χ3n) is 2.58. The van der Waals surface area contributed by atoms with Gasteiger partial charge in [0.1, 0.15) is 6.04 Å². The lowest BCUT2D eigenvalue weighted by Crippen LogP contribution is -2.57. The Balaban J connectivity index is 1.70. The number of hydroxylamine groups is 1. The summed E-state index contributed by atoms with van der Waals surface area (Å²) in [7, 11) is 0. The Hall–Kier alpha value is -1.92. The Morgan fingerprint density at radius 3 is 2.83 bits per heavy atom. The maximum absolute atomic E-state index is 11.6. The molecule has 3 N–H and O–H groups in total. The van der Waals surface area contributed by atoms with Crippen LogP contribution in [0.4, 0.5) is 0 Å². The van der Waals surface area contributed by atoms with Crippen LogP contribution in [-0.4, -0.2) is 30.9 Å². The third-order valence-corrected chi connectivity index (χ3v) is 2.58. The van der Waals surface area contributed by atoms with Crippen LogP contribution in [0.5, 0.6) is 0 Å². The topological polar surface area (TPSA) is 79.5 Å². The van der Waals surface area contributed by atoms with Crippen molar-refractivity contribution < 1.29 is 14.4 Å². The normalized spacial score (nSPS) is 19.1. The SMILES string of the molecule is O=C1CNC(C(=O)NOCc2ccccc2)CN1. The average molecular weight is 249 g/mol. The highest BCUT2D eigenvalue weighted by Crippen LogP contribution is 1.99. The number of hydrogen-bond acceptors (Lipinski definition) is 4. The first kappa shape index (κ1) is 12.5. The summed E-state index contributed by atoms with van der Waals surface area (Å²) >= 11 is 0. The zero-order valence-electron chi connectivity index (χ0n) is 9.81. The van der Waals surface area contributed by atoms with Crippen molar-refractivity contribution in [2.75, 3.05) is 13.1 Å². The van der Waals surface area contributed by atoms with Gasteiger partial charge in [0, 0.05) is 6.54 Å². The fourth-order valence-corrected chi connectivity index (χ4v) is 1.59. The molecule has 18 heavy (non-hydrogen) atoms. The van der Waals surface area contributed by atoms with Gasteiger partial charge in [0.05, 0.1) is 13.2 Å². The van der Waals surface area contributed by atoms with E-state index in [1.165, 1.54) is 0 Å². The molecule has 2 amide bonds. The smallest absolute Gasteiger partial charge is 0.262 e. The van der Waals surface area contributed by atoms with Gasteiger partial charge in [0.2, 0.25) is 5.91 Å². The van der Waals surface area contributed by atoms with Gasteiger partial charge in [-0.3, -0.25) is 19.7 Å². The van der Waals surface area contributed by atoms with Crippen LogP contribution in [0.15, 0.2) is 30.3 Å². The van der Waals surface area contributed by atoms with Crippen LogP contribution in [0, 0.1) is 0 Å². The largest absolute Gasteiger partial charge is 0.353 e. The minimum Gasteiger partial charge on any atom is -0.353 e. The second kappa shape index (κ2) is 6.13. The van der Waals surface area contributed by atoms with Crippen molar-refractivity contribution in [1.82, 2.24) is 16.1 Å². The molecule has 0 aromatic heterocycles. The number of rotatable bonds is 4. The number of carbonyl (C=O) groups excluding carboxylic acids is 2. The second-order valence-electron chi connectivity index (χ2n) is 3.98. The van der Waals surface area contributed by atoms with Gasteiger partial charge in [-0.1, -0.05) is 30.3 Å². The fourth-order valence-electron chi connectivity index (χ4n) is 1.59. The lowest BCUT2D eigenvalue weighted by molar-refractivity contribution is -0.137. The summed E-state index contributed by atoms with van der Waals surface area (Å²) in [6.45, 7) is 0.738. The van der Waals surface area contributed by atoms with Crippen molar-refractivity contribution in [2.45, 2.75) is 12.6 Å². The van der Waals surface area contributed by atoms with E-state index >= 15 is 0 Å². The predicted octanol–water partition coefficient (Wildman–Crippen LogP) is -0.678.